The fraction of sp³-hybridized carbons (Fsp3) is 0.125. The molecular formula is C16H14N2O2. The molecule has 0 aliphatic heterocycles. The molecule has 2 aromatic carbocycles. The normalized spacial score (nSPS) is 9.85. The molecule has 0 bridgehead atoms. The van der Waals surface area contributed by atoms with Gasteiger partial charge in [-0.1, -0.05) is 6.07 Å². The van der Waals surface area contributed by atoms with Crippen molar-refractivity contribution in [2.24, 2.45) is 0 Å². The number of nitrogen functional groups attached to an aromatic ring is 1. The van der Waals surface area contributed by atoms with E-state index in [-0.39, 0.29) is 5.78 Å². The molecule has 2 N–H and O–H groups in total. The number of hydrogen-bond donors (Lipinski definition) is 1. The number of nitrogens with zero attached hydrogens (tertiary/aromatic N) is 1. The Labute approximate surface area is 117 Å². The number of Topliss-reactive ketones (excluding diaryl/α,β-unsaturated/α-hetero) is 1. The summed E-state index contributed by atoms with van der Waals surface area (Å²) < 4.78 is 5.72. The second-order valence-corrected chi connectivity index (χ2v) is 4.50. The molecule has 0 spiro atoms. The maximum atomic E-state index is 11.3. The molecule has 4 nitrogen and oxygen atoms in total. The average molecular weight is 266 g/mol. The zero-order valence-electron chi connectivity index (χ0n) is 11.3. The molecule has 100 valence electrons. The second kappa shape index (κ2) is 5.45. The first-order valence-corrected chi connectivity index (χ1v) is 6.10. The molecular weight excluding hydrogens is 252 g/mol. The van der Waals surface area contributed by atoms with Gasteiger partial charge in [-0.05, 0) is 43.7 Å². The number of nitrogens with two attached hydrogens (primary N) is 1. The van der Waals surface area contributed by atoms with Gasteiger partial charge in [-0.15, -0.1) is 0 Å². The van der Waals surface area contributed by atoms with Crippen LogP contribution in [-0.2, 0) is 0 Å². The number of hydrogen-bond acceptors (Lipinski definition) is 4. The first kappa shape index (κ1) is 13.6. The lowest BCUT2D eigenvalue weighted by Crippen LogP contribution is -1.99. The van der Waals surface area contributed by atoms with E-state index in [2.05, 4.69) is 6.07 Å². The van der Waals surface area contributed by atoms with Gasteiger partial charge in [0.05, 0.1) is 11.6 Å². The van der Waals surface area contributed by atoms with Crippen LogP contribution in [0.2, 0.25) is 0 Å². The molecule has 0 aliphatic rings. The summed E-state index contributed by atoms with van der Waals surface area (Å²) >= 11 is 0. The fourth-order valence-corrected chi connectivity index (χ4v) is 1.83. The highest BCUT2D eigenvalue weighted by Crippen LogP contribution is 2.28. The van der Waals surface area contributed by atoms with E-state index in [0.29, 0.717) is 28.3 Å². The maximum absolute atomic E-state index is 11.3. The van der Waals surface area contributed by atoms with Crippen molar-refractivity contribution in [1.82, 2.24) is 0 Å². The average Bonchev–Trinajstić information content (AvgIpc) is 2.41. The lowest BCUT2D eigenvalue weighted by atomic mass is 10.1. The molecule has 2 rings (SSSR count). The van der Waals surface area contributed by atoms with E-state index in [9.17, 15) is 4.79 Å². The lowest BCUT2D eigenvalue weighted by molar-refractivity contribution is 0.101. The number of rotatable bonds is 3. The Bertz CT molecular complexity index is 715. The zero-order valence-corrected chi connectivity index (χ0v) is 11.3. The van der Waals surface area contributed by atoms with Gasteiger partial charge in [-0.2, -0.15) is 5.26 Å². The van der Waals surface area contributed by atoms with E-state index in [1.165, 1.54) is 6.92 Å². The molecule has 0 heterocycles. The SMILES string of the molecule is CC(=O)c1ccc(Oc2cc(C#N)ccc2C)cc1N. The van der Waals surface area contributed by atoms with Crippen molar-refractivity contribution in [2.45, 2.75) is 13.8 Å². The van der Waals surface area contributed by atoms with E-state index >= 15 is 0 Å². The van der Waals surface area contributed by atoms with Crippen molar-refractivity contribution in [3.8, 4) is 17.6 Å². The molecule has 0 unspecified atom stereocenters. The number of nitriles is 1. The minimum atomic E-state index is -0.0864. The van der Waals surface area contributed by atoms with E-state index in [1.807, 2.05) is 13.0 Å². The first-order chi connectivity index (χ1) is 9.51. The second-order valence-electron chi connectivity index (χ2n) is 4.50. The number of benzene rings is 2. The summed E-state index contributed by atoms with van der Waals surface area (Å²) in [6.45, 7) is 3.36. The quantitative estimate of drug-likeness (QED) is 0.682. The summed E-state index contributed by atoms with van der Waals surface area (Å²) in [5.74, 6) is 1.04. The third-order valence-electron chi connectivity index (χ3n) is 2.95. The number of ether oxygens (including phenoxy) is 1. The summed E-state index contributed by atoms with van der Waals surface area (Å²) in [6, 6.07) is 12.2. The Hall–Kier alpha value is -2.80. The molecule has 0 saturated carbocycles. The standard InChI is InChI=1S/C16H14N2O2/c1-10-3-4-12(9-17)7-16(10)20-13-5-6-14(11(2)19)15(18)8-13/h3-8H,18H2,1-2H3. The van der Waals surface area contributed by atoms with Gasteiger partial charge in [0.2, 0.25) is 0 Å². The van der Waals surface area contributed by atoms with Crippen LogP contribution in [0, 0.1) is 18.3 Å². The fourth-order valence-electron chi connectivity index (χ4n) is 1.83. The molecule has 4 heteroatoms. The summed E-state index contributed by atoms with van der Waals surface area (Å²) in [5, 5.41) is 8.90. The molecule has 0 aromatic heterocycles. The Morgan fingerprint density at radius 2 is 2.00 bits per heavy atom. The molecule has 0 saturated heterocycles. The number of ketones is 1. The molecule has 20 heavy (non-hydrogen) atoms. The number of aryl methyl sites for hydroxylation is 1. The van der Waals surface area contributed by atoms with Crippen molar-refractivity contribution in [2.75, 3.05) is 5.73 Å². The van der Waals surface area contributed by atoms with Crippen molar-refractivity contribution < 1.29 is 9.53 Å². The van der Waals surface area contributed by atoms with Crippen LogP contribution in [0.15, 0.2) is 36.4 Å². The highest BCUT2D eigenvalue weighted by molar-refractivity contribution is 5.99. The van der Waals surface area contributed by atoms with E-state index in [0.717, 1.165) is 5.56 Å². The summed E-state index contributed by atoms with van der Waals surface area (Å²) in [4.78, 5) is 11.3. The Morgan fingerprint density at radius 3 is 2.60 bits per heavy atom. The van der Waals surface area contributed by atoms with Crippen LogP contribution < -0.4 is 10.5 Å². The largest absolute Gasteiger partial charge is 0.457 e. The Kier molecular flexibility index (Phi) is 3.72. The summed E-state index contributed by atoms with van der Waals surface area (Å²) in [6.07, 6.45) is 0. The van der Waals surface area contributed by atoms with Crippen LogP contribution in [0.3, 0.4) is 0 Å². The van der Waals surface area contributed by atoms with Crippen LogP contribution in [0.4, 0.5) is 5.69 Å². The molecule has 0 aliphatic carbocycles. The first-order valence-electron chi connectivity index (χ1n) is 6.10. The van der Waals surface area contributed by atoms with Crippen molar-refractivity contribution >= 4 is 11.5 Å². The topological polar surface area (TPSA) is 76.1 Å². The molecule has 0 amide bonds. The smallest absolute Gasteiger partial charge is 0.161 e. The van der Waals surface area contributed by atoms with Gasteiger partial charge in [0, 0.05) is 17.3 Å². The summed E-state index contributed by atoms with van der Waals surface area (Å²) in [7, 11) is 0. The minimum Gasteiger partial charge on any atom is -0.457 e. The number of carbonyl (C=O) groups excluding carboxylic acids is 1. The highest BCUT2D eigenvalue weighted by atomic mass is 16.5. The van der Waals surface area contributed by atoms with Crippen LogP contribution in [0.1, 0.15) is 28.4 Å². The molecule has 0 radical (unpaired) electrons. The van der Waals surface area contributed by atoms with E-state index in [4.69, 9.17) is 15.7 Å². The molecule has 0 atom stereocenters. The monoisotopic (exact) mass is 266 g/mol. The maximum Gasteiger partial charge on any atom is 0.161 e. The van der Waals surface area contributed by atoms with Crippen LogP contribution in [0.25, 0.3) is 0 Å². The summed E-state index contributed by atoms with van der Waals surface area (Å²) in [5.41, 5.74) is 8.11. The Balaban J connectivity index is 2.33. The highest BCUT2D eigenvalue weighted by Gasteiger charge is 2.08. The van der Waals surface area contributed by atoms with Gasteiger partial charge in [0.15, 0.2) is 5.78 Å². The van der Waals surface area contributed by atoms with Gasteiger partial charge in [0.1, 0.15) is 11.5 Å². The van der Waals surface area contributed by atoms with Gasteiger partial charge >= 0.3 is 0 Å². The zero-order chi connectivity index (χ0) is 14.7. The molecule has 0 fully saturated rings. The third kappa shape index (κ3) is 2.78. The van der Waals surface area contributed by atoms with Crippen molar-refractivity contribution in [1.29, 1.82) is 5.26 Å². The van der Waals surface area contributed by atoms with E-state index in [1.54, 1.807) is 30.3 Å². The third-order valence-corrected chi connectivity index (χ3v) is 2.95. The molecule has 2 aromatic rings. The van der Waals surface area contributed by atoms with Gasteiger partial charge in [-0.25, -0.2) is 0 Å². The van der Waals surface area contributed by atoms with Crippen molar-refractivity contribution in [3.05, 3.63) is 53.1 Å². The van der Waals surface area contributed by atoms with Crippen LogP contribution in [-0.4, -0.2) is 5.78 Å². The van der Waals surface area contributed by atoms with Crippen molar-refractivity contribution in [3.63, 3.8) is 0 Å². The predicted octanol–water partition coefficient (Wildman–Crippen LogP) is 3.44. The number of carbonyl (C=O) groups is 1. The van der Waals surface area contributed by atoms with Crippen LogP contribution >= 0.6 is 0 Å². The predicted molar refractivity (Wildman–Crippen MR) is 76.8 cm³/mol. The Morgan fingerprint density at radius 1 is 1.25 bits per heavy atom. The minimum absolute atomic E-state index is 0.0864. The van der Waals surface area contributed by atoms with Gasteiger partial charge in [0.25, 0.3) is 0 Å². The van der Waals surface area contributed by atoms with Crippen LogP contribution in [0.5, 0.6) is 11.5 Å². The number of anilines is 1. The lowest BCUT2D eigenvalue weighted by Gasteiger charge is -2.10. The van der Waals surface area contributed by atoms with Gasteiger partial charge in [-0.3, -0.25) is 4.79 Å². The van der Waals surface area contributed by atoms with E-state index < -0.39 is 0 Å². The van der Waals surface area contributed by atoms with Gasteiger partial charge < -0.3 is 10.5 Å².